The fourth-order valence-electron chi connectivity index (χ4n) is 2.44. The molecule has 0 heterocycles. The first kappa shape index (κ1) is 16.3. The van der Waals surface area contributed by atoms with Crippen LogP contribution in [0.5, 0.6) is 0 Å². The Kier molecular flexibility index (Phi) is 5.38. The predicted molar refractivity (Wildman–Crippen MR) is 82.0 cm³/mol. The van der Waals surface area contributed by atoms with Gasteiger partial charge in [-0.05, 0) is 31.0 Å². The van der Waals surface area contributed by atoms with E-state index in [2.05, 4.69) is 10.6 Å². The Morgan fingerprint density at radius 3 is 2.55 bits per heavy atom. The van der Waals surface area contributed by atoms with Crippen LogP contribution in [0.4, 0.5) is 5.69 Å². The molecule has 22 heavy (non-hydrogen) atoms. The summed E-state index contributed by atoms with van der Waals surface area (Å²) >= 11 is 6.04. The molecule has 1 aliphatic rings. The van der Waals surface area contributed by atoms with Gasteiger partial charge < -0.3 is 15.7 Å². The number of carbonyl (C=O) groups is 3. The van der Waals surface area contributed by atoms with E-state index >= 15 is 0 Å². The van der Waals surface area contributed by atoms with Gasteiger partial charge in [0.15, 0.2) is 0 Å². The minimum Gasteiger partial charge on any atom is -0.480 e. The zero-order chi connectivity index (χ0) is 16.1. The summed E-state index contributed by atoms with van der Waals surface area (Å²) in [5.41, 5.74) is 0.605. The minimum absolute atomic E-state index is 0.0134. The molecule has 2 amide bonds. The fourth-order valence-corrected chi connectivity index (χ4v) is 2.61. The third kappa shape index (κ3) is 4.21. The molecule has 3 N–H and O–H groups in total. The van der Waals surface area contributed by atoms with E-state index in [0.717, 1.165) is 25.7 Å². The average molecular weight is 325 g/mol. The van der Waals surface area contributed by atoms with Crippen LogP contribution in [-0.2, 0) is 9.59 Å². The summed E-state index contributed by atoms with van der Waals surface area (Å²) in [5.74, 6) is -1.77. The highest BCUT2D eigenvalue weighted by atomic mass is 35.5. The van der Waals surface area contributed by atoms with Crippen LogP contribution in [0.3, 0.4) is 0 Å². The SMILES string of the molecule is O=C(O)CNC(=O)c1ccc(Cl)c(NC(=O)C2CCCC2)c1. The Morgan fingerprint density at radius 1 is 1.23 bits per heavy atom. The van der Waals surface area contributed by atoms with E-state index in [1.165, 1.54) is 18.2 Å². The van der Waals surface area contributed by atoms with Crippen molar-refractivity contribution in [3.63, 3.8) is 0 Å². The summed E-state index contributed by atoms with van der Waals surface area (Å²) in [4.78, 5) is 34.4. The number of carboxylic acid groups (broad SMARTS) is 1. The van der Waals surface area contributed by atoms with Gasteiger partial charge in [-0.1, -0.05) is 24.4 Å². The topological polar surface area (TPSA) is 95.5 Å². The standard InChI is InChI=1S/C15H17ClN2O4/c16-11-6-5-10(14(21)17-8-13(19)20)7-12(11)18-15(22)9-3-1-2-4-9/h5-7,9H,1-4,8H2,(H,17,21)(H,18,22)(H,19,20). The molecule has 0 bridgehead atoms. The van der Waals surface area contributed by atoms with E-state index in [4.69, 9.17) is 16.7 Å². The molecule has 0 radical (unpaired) electrons. The molecule has 0 aliphatic heterocycles. The zero-order valence-electron chi connectivity index (χ0n) is 11.9. The lowest BCUT2D eigenvalue weighted by Gasteiger charge is -2.12. The minimum atomic E-state index is -1.13. The van der Waals surface area contributed by atoms with Crippen molar-refractivity contribution >= 4 is 35.1 Å². The van der Waals surface area contributed by atoms with Crippen molar-refractivity contribution in [3.8, 4) is 0 Å². The van der Waals surface area contributed by atoms with Crippen LogP contribution in [0.25, 0.3) is 0 Å². The molecule has 7 heteroatoms. The van der Waals surface area contributed by atoms with E-state index in [1.54, 1.807) is 0 Å². The number of rotatable bonds is 5. The van der Waals surface area contributed by atoms with E-state index in [0.29, 0.717) is 10.7 Å². The number of amides is 2. The molecule has 0 spiro atoms. The van der Waals surface area contributed by atoms with Crippen LogP contribution in [0, 0.1) is 5.92 Å². The molecule has 0 aromatic heterocycles. The first-order chi connectivity index (χ1) is 10.5. The van der Waals surface area contributed by atoms with Gasteiger partial charge >= 0.3 is 5.97 Å². The lowest BCUT2D eigenvalue weighted by atomic mass is 10.1. The molecule has 6 nitrogen and oxygen atoms in total. The van der Waals surface area contributed by atoms with Gasteiger partial charge in [0.2, 0.25) is 5.91 Å². The maximum Gasteiger partial charge on any atom is 0.322 e. The molecular weight excluding hydrogens is 308 g/mol. The van der Waals surface area contributed by atoms with Crippen molar-refractivity contribution in [1.82, 2.24) is 5.32 Å². The van der Waals surface area contributed by atoms with Crippen LogP contribution < -0.4 is 10.6 Å². The second-order valence-electron chi connectivity index (χ2n) is 5.24. The van der Waals surface area contributed by atoms with Gasteiger partial charge in [-0.25, -0.2) is 0 Å². The Balaban J connectivity index is 2.07. The average Bonchev–Trinajstić information content (AvgIpc) is 3.01. The van der Waals surface area contributed by atoms with Crippen molar-refractivity contribution in [2.24, 2.45) is 5.92 Å². The molecule has 1 aliphatic carbocycles. The Labute approximate surface area is 132 Å². The molecule has 1 aromatic carbocycles. The van der Waals surface area contributed by atoms with Crippen molar-refractivity contribution < 1.29 is 19.5 Å². The van der Waals surface area contributed by atoms with E-state index < -0.39 is 18.4 Å². The zero-order valence-corrected chi connectivity index (χ0v) is 12.7. The van der Waals surface area contributed by atoms with Crippen LogP contribution in [0.15, 0.2) is 18.2 Å². The largest absolute Gasteiger partial charge is 0.480 e. The molecule has 1 saturated carbocycles. The molecular formula is C15H17ClN2O4. The normalized spacial score (nSPS) is 14.6. The van der Waals surface area contributed by atoms with Gasteiger partial charge in [0.1, 0.15) is 6.54 Å². The number of anilines is 1. The first-order valence-corrected chi connectivity index (χ1v) is 7.45. The maximum absolute atomic E-state index is 12.1. The third-order valence-electron chi connectivity index (χ3n) is 3.61. The first-order valence-electron chi connectivity index (χ1n) is 7.08. The molecule has 1 aromatic rings. The summed E-state index contributed by atoms with van der Waals surface area (Å²) in [6, 6.07) is 4.43. The smallest absolute Gasteiger partial charge is 0.322 e. The Morgan fingerprint density at radius 2 is 1.91 bits per heavy atom. The number of hydrogen-bond donors (Lipinski definition) is 3. The quantitative estimate of drug-likeness (QED) is 0.774. The van der Waals surface area contributed by atoms with E-state index in [1.807, 2.05) is 0 Å². The number of carbonyl (C=O) groups excluding carboxylic acids is 2. The Bertz CT molecular complexity index is 597. The Hall–Kier alpha value is -2.08. The van der Waals surface area contributed by atoms with Crippen molar-refractivity contribution in [2.45, 2.75) is 25.7 Å². The van der Waals surface area contributed by atoms with Gasteiger partial charge in [-0.2, -0.15) is 0 Å². The predicted octanol–water partition coefficient (Wildman–Crippen LogP) is 2.28. The lowest BCUT2D eigenvalue weighted by molar-refractivity contribution is -0.135. The van der Waals surface area contributed by atoms with Crippen LogP contribution in [0.1, 0.15) is 36.0 Å². The highest BCUT2D eigenvalue weighted by Gasteiger charge is 2.23. The number of benzene rings is 1. The van der Waals surface area contributed by atoms with Gasteiger partial charge in [0.25, 0.3) is 5.91 Å². The maximum atomic E-state index is 12.1. The number of hydrogen-bond acceptors (Lipinski definition) is 3. The van der Waals surface area contributed by atoms with Crippen molar-refractivity contribution in [1.29, 1.82) is 0 Å². The van der Waals surface area contributed by atoms with Gasteiger partial charge in [0.05, 0.1) is 10.7 Å². The highest BCUT2D eigenvalue weighted by molar-refractivity contribution is 6.34. The lowest BCUT2D eigenvalue weighted by Crippen LogP contribution is -2.29. The van der Waals surface area contributed by atoms with Gasteiger partial charge in [-0.15, -0.1) is 0 Å². The van der Waals surface area contributed by atoms with Gasteiger partial charge in [-0.3, -0.25) is 14.4 Å². The molecule has 0 unspecified atom stereocenters. The summed E-state index contributed by atoms with van der Waals surface area (Å²) in [7, 11) is 0. The summed E-state index contributed by atoms with van der Waals surface area (Å²) in [6.45, 7) is -0.467. The van der Waals surface area contributed by atoms with E-state index in [-0.39, 0.29) is 17.4 Å². The van der Waals surface area contributed by atoms with Crippen molar-refractivity contribution in [2.75, 3.05) is 11.9 Å². The molecule has 118 valence electrons. The van der Waals surface area contributed by atoms with Crippen LogP contribution >= 0.6 is 11.6 Å². The molecule has 0 atom stereocenters. The monoisotopic (exact) mass is 324 g/mol. The molecule has 0 saturated heterocycles. The number of aliphatic carboxylic acids is 1. The highest BCUT2D eigenvalue weighted by Crippen LogP contribution is 2.28. The third-order valence-corrected chi connectivity index (χ3v) is 3.94. The number of nitrogens with one attached hydrogen (secondary N) is 2. The summed E-state index contributed by atoms with van der Waals surface area (Å²) in [6.07, 6.45) is 3.82. The fraction of sp³-hybridized carbons (Fsp3) is 0.400. The summed E-state index contributed by atoms with van der Waals surface area (Å²) in [5, 5.41) is 13.9. The number of carboxylic acids is 1. The summed E-state index contributed by atoms with van der Waals surface area (Å²) < 4.78 is 0. The number of halogens is 1. The van der Waals surface area contributed by atoms with Crippen LogP contribution in [-0.4, -0.2) is 29.4 Å². The molecule has 2 rings (SSSR count). The van der Waals surface area contributed by atoms with Gasteiger partial charge in [0, 0.05) is 11.5 Å². The second kappa shape index (κ2) is 7.26. The molecule has 1 fully saturated rings. The second-order valence-corrected chi connectivity index (χ2v) is 5.65. The van der Waals surface area contributed by atoms with Crippen molar-refractivity contribution in [3.05, 3.63) is 28.8 Å². The van der Waals surface area contributed by atoms with Crippen LogP contribution in [0.2, 0.25) is 5.02 Å². The van der Waals surface area contributed by atoms with E-state index in [9.17, 15) is 14.4 Å².